The summed E-state index contributed by atoms with van der Waals surface area (Å²) in [6.07, 6.45) is 1.34. The Kier molecular flexibility index (Phi) is 8.48. The Hall–Kier alpha value is -5.11. The molecule has 1 saturated heterocycles. The highest BCUT2D eigenvalue weighted by atomic mass is 32.2. The first kappa shape index (κ1) is 29.4. The molecular weight excluding hydrogens is 578 g/mol. The Balaban J connectivity index is 1.36. The number of aromatic nitrogens is 2. The van der Waals surface area contributed by atoms with E-state index in [4.69, 9.17) is 9.26 Å². The molecule has 0 bridgehead atoms. The Labute approximate surface area is 246 Å². The maximum atomic E-state index is 12.7. The van der Waals surface area contributed by atoms with Crippen molar-refractivity contribution in [1.29, 1.82) is 0 Å². The molecule has 13 nitrogen and oxygen atoms in total. The van der Waals surface area contributed by atoms with Gasteiger partial charge in [-0.05, 0) is 56.2 Å². The molecule has 1 unspecified atom stereocenters. The van der Waals surface area contributed by atoms with Crippen LogP contribution >= 0.6 is 0 Å². The summed E-state index contributed by atoms with van der Waals surface area (Å²) in [5, 5.41) is 16.0. The molecule has 222 valence electrons. The van der Waals surface area contributed by atoms with E-state index < -0.39 is 20.9 Å². The van der Waals surface area contributed by atoms with E-state index in [0.29, 0.717) is 42.7 Å². The zero-order valence-electron chi connectivity index (χ0n) is 23.0. The summed E-state index contributed by atoms with van der Waals surface area (Å²) in [5.74, 6) is -1.43. The molecule has 0 aliphatic carbocycles. The van der Waals surface area contributed by atoms with Crippen molar-refractivity contribution < 1.29 is 32.2 Å². The van der Waals surface area contributed by atoms with Crippen LogP contribution in [-0.2, 0) is 19.6 Å². The third-order valence-electron chi connectivity index (χ3n) is 6.89. The van der Waals surface area contributed by atoms with Gasteiger partial charge in [-0.2, -0.15) is 4.98 Å². The van der Waals surface area contributed by atoms with Gasteiger partial charge in [0.05, 0.1) is 22.3 Å². The second kappa shape index (κ2) is 12.4. The van der Waals surface area contributed by atoms with E-state index in [2.05, 4.69) is 10.1 Å². The summed E-state index contributed by atoms with van der Waals surface area (Å²) in [5.41, 5.74) is 0.901. The lowest BCUT2D eigenvalue weighted by molar-refractivity contribution is -0.384. The highest BCUT2D eigenvalue weighted by Crippen LogP contribution is 2.35. The molecule has 3 aromatic carbocycles. The number of benzene rings is 3. The number of ether oxygens (including phenoxy) is 1. The molecule has 0 saturated carbocycles. The lowest BCUT2D eigenvalue weighted by Crippen LogP contribution is -2.39. The van der Waals surface area contributed by atoms with Crippen LogP contribution in [0.3, 0.4) is 0 Å². The summed E-state index contributed by atoms with van der Waals surface area (Å²) in [6, 6.07) is 18.0. The molecule has 2 heterocycles. The number of amides is 1. The van der Waals surface area contributed by atoms with Crippen LogP contribution in [0.4, 0.5) is 11.4 Å². The van der Waals surface area contributed by atoms with Crippen LogP contribution in [0.1, 0.15) is 30.1 Å². The third kappa shape index (κ3) is 6.54. The quantitative estimate of drug-likeness (QED) is 0.164. The lowest BCUT2D eigenvalue weighted by Gasteiger charge is -2.32. The van der Waals surface area contributed by atoms with Gasteiger partial charge in [-0.3, -0.25) is 19.7 Å². The molecule has 1 fully saturated rings. The van der Waals surface area contributed by atoms with Crippen molar-refractivity contribution in [3.8, 4) is 22.8 Å². The number of piperidine rings is 1. The molecule has 1 aliphatic heterocycles. The monoisotopic (exact) mass is 605 g/mol. The SMILES string of the molecule is CCOC(=O)C1CCCN(c2ccc(-c3nc(-c4cccc(C(=O)NS(=O)(=O)c5ccccc5)c4)no3)cc2[N+](=O)[O-])C1. The predicted molar refractivity (Wildman–Crippen MR) is 154 cm³/mol. The smallest absolute Gasteiger partial charge is 0.310 e. The molecule has 43 heavy (non-hydrogen) atoms. The van der Waals surface area contributed by atoms with E-state index >= 15 is 0 Å². The summed E-state index contributed by atoms with van der Waals surface area (Å²) in [6.45, 7) is 2.86. The molecule has 0 radical (unpaired) electrons. The number of hydrogen-bond acceptors (Lipinski definition) is 11. The molecule has 1 aromatic heterocycles. The Morgan fingerprint density at radius 3 is 2.63 bits per heavy atom. The Morgan fingerprint density at radius 1 is 1.09 bits per heavy atom. The van der Waals surface area contributed by atoms with Gasteiger partial charge in [0.1, 0.15) is 5.69 Å². The van der Waals surface area contributed by atoms with Gasteiger partial charge < -0.3 is 14.2 Å². The van der Waals surface area contributed by atoms with Crippen LogP contribution in [-0.4, -0.2) is 55.1 Å². The third-order valence-corrected chi connectivity index (χ3v) is 8.24. The largest absolute Gasteiger partial charge is 0.466 e. The maximum absolute atomic E-state index is 12.7. The predicted octanol–water partition coefficient (Wildman–Crippen LogP) is 4.21. The molecule has 1 aliphatic rings. The van der Waals surface area contributed by atoms with Crippen LogP contribution in [0.5, 0.6) is 0 Å². The molecule has 0 spiro atoms. The second-order valence-electron chi connectivity index (χ2n) is 9.75. The first-order chi connectivity index (χ1) is 20.7. The van der Waals surface area contributed by atoms with Gasteiger partial charge in [0, 0.05) is 35.8 Å². The Bertz CT molecular complexity index is 1770. The number of rotatable bonds is 9. The Morgan fingerprint density at radius 2 is 1.88 bits per heavy atom. The molecule has 1 amide bonds. The highest BCUT2D eigenvalue weighted by Gasteiger charge is 2.31. The van der Waals surface area contributed by atoms with Crippen molar-refractivity contribution in [2.24, 2.45) is 5.92 Å². The fourth-order valence-electron chi connectivity index (χ4n) is 4.82. The molecule has 4 aromatic rings. The minimum Gasteiger partial charge on any atom is -0.466 e. The lowest BCUT2D eigenvalue weighted by atomic mass is 9.97. The number of nitro groups is 1. The number of carbonyl (C=O) groups excluding carboxylic acids is 2. The number of anilines is 1. The van der Waals surface area contributed by atoms with Gasteiger partial charge in [-0.1, -0.05) is 35.5 Å². The molecule has 1 atom stereocenters. The fourth-order valence-corrected chi connectivity index (χ4v) is 5.81. The normalized spacial score (nSPS) is 15.1. The van der Waals surface area contributed by atoms with Crippen molar-refractivity contribution in [2.75, 3.05) is 24.6 Å². The van der Waals surface area contributed by atoms with Crippen LogP contribution in [0.15, 0.2) is 82.2 Å². The molecule has 5 rings (SSSR count). The second-order valence-corrected chi connectivity index (χ2v) is 11.4. The zero-order valence-corrected chi connectivity index (χ0v) is 23.8. The number of nitro benzene ring substituents is 1. The van der Waals surface area contributed by atoms with E-state index in [9.17, 15) is 28.1 Å². The highest BCUT2D eigenvalue weighted by molar-refractivity contribution is 7.90. The first-order valence-electron chi connectivity index (χ1n) is 13.4. The maximum Gasteiger partial charge on any atom is 0.310 e. The number of nitrogens with one attached hydrogen (secondary N) is 1. The summed E-state index contributed by atoms with van der Waals surface area (Å²) < 4.78 is 37.7. The zero-order chi connectivity index (χ0) is 30.6. The molecular formula is C29H27N5O8S. The topological polar surface area (TPSA) is 175 Å². The van der Waals surface area contributed by atoms with E-state index in [1.54, 1.807) is 48.2 Å². The van der Waals surface area contributed by atoms with Crippen LogP contribution in [0.25, 0.3) is 22.8 Å². The van der Waals surface area contributed by atoms with E-state index in [1.807, 2.05) is 4.72 Å². The van der Waals surface area contributed by atoms with Crippen molar-refractivity contribution in [3.63, 3.8) is 0 Å². The van der Waals surface area contributed by atoms with E-state index in [-0.39, 0.29) is 46.4 Å². The van der Waals surface area contributed by atoms with Gasteiger partial charge in [0.25, 0.3) is 27.5 Å². The molecule has 14 heteroatoms. The summed E-state index contributed by atoms with van der Waals surface area (Å²) in [7, 11) is -4.08. The standard InChI is InChI=1S/C29H27N5O8S/c1-2-41-29(36)22-10-7-15-33(18-22)24-14-13-21(17-25(24)34(37)38)28-30-26(31-42-28)19-8-6-9-20(16-19)27(35)32-43(39,40)23-11-4-3-5-12-23/h3-6,8-9,11-14,16-17,22H,2,7,10,15,18H2,1H3,(H,32,35). The van der Waals surface area contributed by atoms with Crippen molar-refractivity contribution in [2.45, 2.75) is 24.7 Å². The van der Waals surface area contributed by atoms with Gasteiger partial charge in [-0.15, -0.1) is 0 Å². The average Bonchev–Trinajstić information content (AvgIpc) is 3.52. The summed E-state index contributed by atoms with van der Waals surface area (Å²) >= 11 is 0. The van der Waals surface area contributed by atoms with Crippen molar-refractivity contribution in [3.05, 3.63) is 88.5 Å². The number of nitrogens with zero attached hydrogens (tertiary/aromatic N) is 4. The van der Waals surface area contributed by atoms with Crippen LogP contribution < -0.4 is 9.62 Å². The summed E-state index contributed by atoms with van der Waals surface area (Å²) in [4.78, 5) is 42.6. The van der Waals surface area contributed by atoms with Gasteiger partial charge in [0.15, 0.2) is 0 Å². The number of esters is 1. The van der Waals surface area contributed by atoms with Gasteiger partial charge in [-0.25, -0.2) is 13.1 Å². The number of sulfonamides is 1. The molecule has 1 N–H and O–H groups in total. The minimum absolute atomic E-state index is 0.00852. The van der Waals surface area contributed by atoms with Crippen LogP contribution in [0, 0.1) is 16.0 Å². The van der Waals surface area contributed by atoms with Gasteiger partial charge in [0.2, 0.25) is 5.82 Å². The van der Waals surface area contributed by atoms with Crippen molar-refractivity contribution >= 4 is 33.3 Å². The van der Waals surface area contributed by atoms with E-state index in [0.717, 1.165) is 0 Å². The van der Waals surface area contributed by atoms with Gasteiger partial charge >= 0.3 is 5.97 Å². The van der Waals surface area contributed by atoms with Crippen molar-refractivity contribution in [1.82, 2.24) is 14.9 Å². The number of carbonyl (C=O) groups is 2. The minimum atomic E-state index is -4.08. The first-order valence-corrected chi connectivity index (χ1v) is 14.9. The fraction of sp³-hybridized carbons (Fsp3) is 0.241. The van der Waals surface area contributed by atoms with E-state index in [1.165, 1.54) is 36.4 Å². The number of hydrogen-bond donors (Lipinski definition) is 1. The average molecular weight is 606 g/mol. The van der Waals surface area contributed by atoms with Crippen LogP contribution in [0.2, 0.25) is 0 Å².